The lowest BCUT2D eigenvalue weighted by Gasteiger charge is -2.30. The van der Waals surface area contributed by atoms with E-state index in [1.807, 2.05) is 43.3 Å². The van der Waals surface area contributed by atoms with Crippen LogP contribution in [0.1, 0.15) is 36.6 Å². The van der Waals surface area contributed by atoms with E-state index in [2.05, 4.69) is 5.32 Å². The fraction of sp³-hybridized carbons (Fsp3) is 0.235. The summed E-state index contributed by atoms with van der Waals surface area (Å²) in [5.74, 6) is 0.258. The Balaban J connectivity index is 2.31. The maximum Gasteiger partial charge on any atom is 0.219 e. The van der Waals surface area contributed by atoms with Crippen molar-refractivity contribution in [2.75, 3.05) is 0 Å². The molecule has 2 atom stereocenters. The average Bonchev–Trinajstić information content (AvgIpc) is 2.54. The van der Waals surface area contributed by atoms with Crippen molar-refractivity contribution in [1.29, 1.82) is 0 Å². The van der Waals surface area contributed by atoms with Crippen LogP contribution in [-0.2, 0) is 10.5 Å². The molecule has 2 unspecified atom stereocenters. The van der Waals surface area contributed by atoms with E-state index >= 15 is 0 Å². The molecular weight excluding hydrogens is 266 g/mol. The van der Waals surface area contributed by atoms with Gasteiger partial charge in [-0.05, 0) is 13.0 Å². The van der Waals surface area contributed by atoms with Gasteiger partial charge in [-0.2, -0.15) is 0 Å². The highest BCUT2D eigenvalue weighted by Gasteiger charge is 2.40. The molecule has 1 heterocycles. The minimum absolute atomic E-state index is 0.217. The van der Waals surface area contributed by atoms with Gasteiger partial charge >= 0.3 is 0 Å². The van der Waals surface area contributed by atoms with Crippen molar-refractivity contribution in [3.63, 3.8) is 0 Å². The van der Waals surface area contributed by atoms with Crippen molar-refractivity contribution < 1.29 is 14.6 Å². The van der Waals surface area contributed by atoms with Gasteiger partial charge in [0.05, 0.1) is 5.56 Å². The lowest BCUT2D eigenvalue weighted by atomic mass is 9.89. The van der Waals surface area contributed by atoms with Crippen molar-refractivity contribution in [2.24, 2.45) is 0 Å². The van der Waals surface area contributed by atoms with Crippen molar-refractivity contribution >= 4 is 5.91 Å². The summed E-state index contributed by atoms with van der Waals surface area (Å²) < 4.78 is 5.95. The summed E-state index contributed by atoms with van der Waals surface area (Å²) in [6, 6.07) is 14.7. The van der Waals surface area contributed by atoms with Gasteiger partial charge in [-0.3, -0.25) is 4.79 Å². The van der Waals surface area contributed by atoms with E-state index in [9.17, 15) is 9.90 Å². The quantitative estimate of drug-likeness (QED) is 0.790. The summed E-state index contributed by atoms with van der Waals surface area (Å²) in [4.78, 5) is 11.6. The number of nitrogens with one attached hydrogen (secondary N) is 1. The molecule has 0 bridgehead atoms. The van der Waals surface area contributed by atoms with Gasteiger partial charge in [0, 0.05) is 18.1 Å². The van der Waals surface area contributed by atoms with Crippen molar-refractivity contribution in [3.05, 3.63) is 65.2 Å². The third kappa shape index (κ3) is 2.17. The molecule has 0 aliphatic carbocycles. The van der Waals surface area contributed by atoms with E-state index in [1.165, 1.54) is 6.92 Å². The molecule has 2 aromatic rings. The normalized spacial score (nSPS) is 23.3. The van der Waals surface area contributed by atoms with Gasteiger partial charge in [-0.15, -0.1) is 0 Å². The molecule has 21 heavy (non-hydrogen) atoms. The molecule has 2 N–H and O–H groups in total. The second-order valence-electron chi connectivity index (χ2n) is 5.24. The first-order chi connectivity index (χ1) is 10.0. The molecule has 1 aliphatic heterocycles. The molecule has 1 amide bonds. The monoisotopic (exact) mass is 283 g/mol. The number of carbonyl (C=O) groups is 1. The number of para-hydroxylation sites is 1. The van der Waals surface area contributed by atoms with E-state index in [0.717, 1.165) is 5.56 Å². The fourth-order valence-electron chi connectivity index (χ4n) is 2.84. The van der Waals surface area contributed by atoms with Gasteiger partial charge in [0.15, 0.2) is 5.72 Å². The molecule has 4 heteroatoms. The first-order valence-electron chi connectivity index (χ1n) is 6.89. The molecule has 3 rings (SSSR count). The van der Waals surface area contributed by atoms with E-state index in [0.29, 0.717) is 16.9 Å². The van der Waals surface area contributed by atoms with Crippen LogP contribution in [0.25, 0.3) is 0 Å². The number of benzene rings is 2. The summed E-state index contributed by atoms with van der Waals surface area (Å²) in [7, 11) is 0. The lowest BCUT2D eigenvalue weighted by Crippen LogP contribution is -2.46. The SMILES string of the molecule is CC(=O)NC1(O)c2ccccc2OC(C)c2ccccc21. The molecule has 0 spiro atoms. The topological polar surface area (TPSA) is 58.6 Å². The Bertz CT molecular complexity index is 698. The van der Waals surface area contributed by atoms with Crippen LogP contribution >= 0.6 is 0 Å². The van der Waals surface area contributed by atoms with E-state index < -0.39 is 5.72 Å². The first-order valence-corrected chi connectivity index (χ1v) is 6.89. The zero-order valence-electron chi connectivity index (χ0n) is 12.0. The number of aliphatic hydroxyl groups is 1. The lowest BCUT2D eigenvalue weighted by molar-refractivity contribution is -0.125. The molecule has 0 radical (unpaired) electrons. The fourth-order valence-corrected chi connectivity index (χ4v) is 2.84. The predicted molar refractivity (Wildman–Crippen MR) is 78.7 cm³/mol. The second-order valence-corrected chi connectivity index (χ2v) is 5.24. The van der Waals surface area contributed by atoms with Gasteiger partial charge in [0.1, 0.15) is 11.9 Å². The largest absolute Gasteiger partial charge is 0.486 e. The van der Waals surface area contributed by atoms with Crippen LogP contribution in [-0.4, -0.2) is 11.0 Å². The third-order valence-electron chi connectivity index (χ3n) is 3.73. The minimum Gasteiger partial charge on any atom is -0.486 e. The van der Waals surface area contributed by atoms with Crippen molar-refractivity contribution in [3.8, 4) is 5.75 Å². The molecule has 4 nitrogen and oxygen atoms in total. The standard InChI is InChI=1S/C17H17NO3/c1-11-13-7-3-4-8-14(13)17(20,18-12(2)19)15-9-5-6-10-16(15)21-11/h3-11,20H,1-2H3,(H,18,19). The number of hydrogen-bond donors (Lipinski definition) is 2. The molecule has 1 aliphatic rings. The highest BCUT2D eigenvalue weighted by atomic mass is 16.5. The highest BCUT2D eigenvalue weighted by Crippen LogP contribution is 2.42. The Hall–Kier alpha value is -2.33. The number of rotatable bonds is 1. The van der Waals surface area contributed by atoms with Crippen LogP contribution in [0.5, 0.6) is 5.75 Å². The predicted octanol–water partition coefficient (Wildman–Crippen LogP) is 2.47. The maximum atomic E-state index is 11.6. The number of carbonyl (C=O) groups excluding carboxylic acids is 1. The highest BCUT2D eigenvalue weighted by molar-refractivity contribution is 5.75. The smallest absolute Gasteiger partial charge is 0.219 e. The molecule has 2 aromatic carbocycles. The van der Waals surface area contributed by atoms with Crippen molar-refractivity contribution in [2.45, 2.75) is 25.7 Å². The summed E-state index contributed by atoms with van der Waals surface area (Å²) in [5.41, 5.74) is 0.434. The van der Waals surface area contributed by atoms with Gasteiger partial charge < -0.3 is 15.2 Å². The molecule has 0 aromatic heterocycles. The van der Waals surface area contributed by atoms with E-state index in [-0.39, 0.29) is 12.0 Å². The third-order valence-corrected chi connectivity index (χ3v) is 3.73. The summed E-state index contributed by atoms with van der Waals surface area (Å²) >= 11 is 0. The molecule has 0 saturated heterocycles. The molecule has 0 saturated carbocycles. The zero-order valence-corrected chi connectivity index (χ0v) is 12.0. The van der Waals surface area contributed by atoms with Crippen LogP contribution in [0.4, 0.5) is 0 Å². The van der Waals surface area contributed by atoms with Gasteiger partial charge in [0.25, 0.3) is 0 Å². The van der Waals surface area contributed by atoms with Crippen LogP contribution in [0.15, 0.2) is 48.5 Å². The Kier molecular flexibility index (Phi) is 3.18. The molecule has 0 fully saturated rings. The molecule has 108 valence electrons. The number of amides is 1. The Morgan fingerprint density at radius 3 is 2.48 bits per heavy atom. The number of fused-ring (bicyclic) bond motifs is 2. The Morgan fingerprint density at radius 2 is 1.76 bits per heavy atom. The second kappa shape index (κ2) is 4.90. The van der Waals surface area contributed by atoms with Crippen LogP contribution in [0.3, 0.4) is 0 Å². The number of ether oxygens (including phenoxy) is 1. The van der Waals surface area contributed by atoms with Gasteiger partial charge in [-0.1, -0.05) is 42.5 Å². The Morgan fingerprint density at radius 1 is 1.14 bits per heavy atom. The zero-order chi connectivity index (χ0) is 15.0. The average molecular weight is 283 g/mol. The first kappa shape index (κ1) is 13.6. The van der Waals surface area contributed by atoms with Gasteiger partial charge in [0.2, 0.25) is 5.91 Å². The van der Waals surface area contributed by atoms with Crippen LogP contribution in [0, 0.1) is 0 Å². The van der Waals surface area contributed by atoms with E-state index in [1.54, 1.807) is 12.1 Å². The summed E-state index contributed by atoms with van der Waals surface area (Å²) in [5, 5.41) is 13.9. The van der Waals surface area contributed by atoms with Gasteiger partial charge in [-0.25, -0.2) is 0 Å². The Labute approximate surface area is 123 Å². The van der Waals surface area contributed by atoms with Crippen LogP contribution < -0.4 is 10.1 Å². The summed E-state index contributed by atoms with van der Waals surface area (Å²) in [6.45, 7) is 3.31. The minimum atomic E-state index is -1.59. The van der Waals surface area contributed by atoms with Crippen LogP contribution in [0.2, 0.25) is 0 Å². The molecular formula is C17H17NO3. The van der Waals surface area contributed by atoms with E-state index in [4.69, 9.17) is 4.74 Å². The van der Waals surface area contributed by atoms with Crippen molar-refractivity contribution in [1.82, 2.24) is 5.32 Å². The maximum absolute atomic E-state index is 11.6. The number of hydrogen-bond acceptors (Lipinski definition) is 3. The summed E-state index contributed by atoms with van der Waals surface area (Å²) in [6.07, 6.45) is -0.217.